The van der Waals surface area contributed by atoms with Gasteiger partial charge in [-0.3, -0.25) is 4.79 Å². The van der Waals surface area contributed by atoms with Crippen molar-refractivity contribution in [3.05, 3.63) is 35.2 Å². The second-order valence-electron chi connectivity index (χ2n) is 5.28. The summed E-state index contributed by atoms with van der Waals surface area (Å²) < 4.78 is 5.39. The molecule has 1 aromatic heterocycles. The summed E-state index contributed by atoms with van der Waals surface area (Å²) in [5.74, 6) is 1.13. The zero-order valence-corrected chi connectivity index (χ0v) is 11.7. The molecule has 0 spiro atoms. The van der Waals surface area contributed by atoms with Crippen molar-refractivity contribution in [1.29, 1.82) is 0 Å². The van der Waals surface area contributed by atoms with Crippen LogP contribution in [-0.4, -0.2) is 28.0 Å². The zero-order valence-electron chi connectivity index (χ0n) is 11.7. The fraction of sp³-hybridized carbons (Fsp3) is 0.400. The fourth-order valence-electron chi connectivity index (χ4n) is 2.64. The first-order chi connectivity index (χ1) is 9.69. The monoisotopic (exact) mass is 271 g/mol. The predicted octanol–water partition coefficient (Wildman–Crippen LogP) is 2.65. The van der Waals surface area contributed by atoms with Crippen molar-refractivity contribution < 1.29 is 9.32 Å². The van der Waals surface area contributed by atoms with Crippen molar-refractivity contribution >= 4 is 6.41 Å². The van der Waals surface area contributed by atoms with E-state index in [-0.39, 0.29) is 6.04 Å². The van der Waals surface area contributed by atoms with Crippen molar-refractivity contribution in [1.82, 2.24) is 15.0 Å². The van der Waals surface area contributed by atoms with Gasteiger partial charge >= 0.3 is 0 Å². The molecule has 1 unspecified atom stereocenters. The Kier molecular flexibility index (Phi) is 3.26. The lowest BCUT2D eigenvalue weighted by atomic mass is 10.1. The Labute approximate surface area is 117 Å². The molecule has 1 aliphatic heterocycles. The molecule has 5 nitrogen and oxygen atoms in total. The SMILES string of the molecule is Cc1ccc(C)c(-c2nc(C3CCCN3C=O)no2)c1. The summed E-state index contributed by atoms with van der Waals surface area (Å²) >= 11 is 0. The van der Waals surface area contributed by atoms with Gasteiger partial charge in [0, 0.05) is 12.1 Å². The Bertz CT molecular complexity index is 636. The van der Waals surface area contributed by atoms with Crippen LogP contribution in [0.1, 0.15) is 35.8 Å². The van der Waals surface area contributed by atoms with E-state index in [1.54, 1.807) is 4.90 Å². The number of carbonyl (C=O) groups is 1. The van der Waals surface area contributed by atoms with Gasteiger partial charge in [-0.15, -0.1) is 0 Å². The van der Waals surface area contributed by atoms with Crippen LogP contribution in [0.2, 0.25) is 0 Å². The van der Waals surface area contributed by atoms with E-state index in [1.807, 2.05) is 26.0 Å². The second-order valence-corrected chi connectivity index (χ2v) is 5.28. The van der Waals surface area contributed by atoms with Gasteiger partial charge < -0.3 is 9.42 Å². The number of aryl methyl sites for hydroxylation is 2. The number of nitrogens with zero attached hydrogens (tertiary/aromatic N) is 3. The molecule has 0 saturated carbocycles. The molecule has 20 heavy (non-hydrogen) atoms. The summed E-state index contributed by atoms with van der Waals surface area (Å²) in [5, 5.41) is 4.06. The van der Waals surface area contributed by atoms with E-state index in [1.165, 1.54) is 0 Å². The number of rotatable bonds is 3. The van der Waals surface area contributed by atoms with Gasteiger partial charge in [0.05, 0.1) is 6.04 Å². The lowest BCUT2D eigenvalue weighted by Crippen LogP contribution is -2.21. The Morgan fingerprint density at radius 2 is 2.25 bits per heavy atom. The standard InChI is InChI=1S/C15H17N3O2/c1-10-5-6-11(2)12(8-10)15-16-14(17-20-15)13-4-3-7-18(13)9-19/h5-6,8-9,13H,3-4,7H2,1-2H3. The van der Waals surface area contributed by atoms with Crippen LogP contribution in [0.4, 0.5) is 0 Å². The molecule has 104 valence electrons. The Balaban J connectivity index is 1.94. The number of benzene rings is 1. The topological polar surface area (TPSA) is 59.2 Å². The van der Waals surface area contributed by atoms with Gasteiger partial charge in [-0.05, 0) is 38.3 Å². The molecule has 1 amide bonds. The van der Waals surface area contributed by atoms with Crippen LogP contribution in [0.25, 0.3) is 11.5 Å². The molecule has 0 bridgehead atoms. The molecule has 0 N–H and O–H groups in total. The van der Waals surface area contributed by atoms with Gasteiger partial charge in [0.1, 0.15) is 0 Å². The maximum Gasteiger partial charge on any atom is 0.258 e. The van der Waals surface area contributed by atoms with Crippen molar-refractivity contribution in [3.8, 4) is 11.5 Å². The van der Waals surface area contributed by atoms with Gasteiger partial charge in [0.2, 0.25) is 6.41 Å². The molecule has 1 fully saturated rings. The van der Waals surface area contributed by atoms with E-state index in [0.29, 0.717) is 11.7 Å². The minimum absolute atomic E-state index is 0.0462. The highest BCUT2D eigenvalue weighted by Crippen LogP contribution is 2.31. The van der Waals surface area contributed by atoms with Gasteiger partial charge in [-0.1, -0.05) is 22.9 Å². The highest BCUT2D eigenvalue weighted by atomic mass is 16.5. The summed E-state index contributed by atoms with van der Waals surface area (Å²) in [5.41, 5.74) is 3.21. The number of amides is 1. The maximum atomic E-state index is 11.0. The lowest BCUT2D eigenvalue weighted by molar-refractivity contribution is -0.119. The van der Waals surface area contributed by atoms with Crippen LogP contribution in [0.5, 0.6) is 0 Å². The maximum absolute atomic E-state index is 11.0. The first-order valence-electron chi connectivity index (χ1n) is 6.81. The van der Waals surface area contributed by atoms with Crippen LogP contribution in [0.3, 0.4) is 0 Å². The smallest absolute Gasteiger partial charge is 0.258 e. The second kappa shape index (κ2) is 5.07. The van der Waals surface area contributed by atoms with Crippen LogP contribution < -0.4 is 0 Å². The normalized spacial score (nSPS) is 18.5. The first kappa shape index (κ1) is 12.8. The fourth-order valence-corrected chi connectivity index (χ4v) is 2.64. The largest absolute Gasteiger partial charge is 0.335 e. The summed E-state index contributed by atoms with van der Waals surface area (Å²) in [7, 11) is 0. The molecular formula is C15H17N3O2. The summed E-state index contributed by atoms with van der Waals surface area (Å²) in [6.45, 7) is 4.82. The van der Waals surface area contributed by atoms with Crippen molar-refractivity contribution in [2.45, 2.75) is 32.7 Å². The molecule has 5 heteroatoms. The zero-order chi connectivity index (χ0) is 14.1. The molecule has 1 aromatic carbocycles. The van der Waals surface area contributed by atoms with Crippen LogP contribution >= 0.6 is 0 Å². The number of likely N-dealkylation sites (tertiary alicyclic amines) is 1. The van der Waals surface area contributed by atoms with Crippen molar-refractivity contribution in [3.63, 3.8) is 0 Å². The highest BCUT2D eigenvalue weighted by molar-refractivity contribution is 5.59. The highest BCUT2D eigenvalue weighted by Gasteiger charge is 2.29. The number of hydrogen-bond donors (Lipinski definition) is 0. The van der Waals surface area contributed by atoms with Crippen LogP contribution in [0, 0.1) is 13.8 Å². The molecule has 1 saturated heterocycles. The third kappa shape index (κ3) is 2.19. The van der Waals surface area contributed by atoms with Gasteiger partial charge in [0.25, 0.3) is 5.89 Å². The summed E-state index contributed by atoms with van der Waals surface area (Å²) in [4.78, 5) is 17.2. The molecule has 0 radical (unpaired) electrons. The lowest BCUT2D eigenvalue weighted by Gasteiger charge is -2.15. The van der Waals surface area contributed by atoms with Gasteiger partial charge in [-0.25, -0.2) is 0 Å². The van der Waals surface area contributed by atoms with Gasteiger partial charge in [-0.2, -0.15) is 4.98 Å². The minimum Gasteiger partial charge on any atom is -0.335 e. The van der Waals surface area contributed by atoms with Crippen LogP contribution in [0.15, 0.2) is 22.7 Å². The van der Waals surface area contributed by atoms with E-state index in [0.717, 1.165) is 42.5 Å². The quantitative estimate of drug-likeness (QED) is 0.805. The Hall–Kier alpha value is -2.17. The average Bonchev–Trinajstić information content (AvgIpc) is 3.08. The average molecular weight is 271 g/mol. The van der Waals surface area contributed by atoms with E-state index < -0.39 is 0 Å². The van der Waals surface area contributed by atoms with E-state index >= 15 is 0 Å². The number of aromatic nitrogens is 2. The molecule has 2 aromatic rings. The molecule has 0 aliphatic carbocycles. The molecule has 3 rings (SSSR count). The van der Waals surface area contributed by atoms with Crippen molar-refractivity contribution in [2.24, 2.45) is 0 Å². The van der Waals surface area contributed by atoms with Crippen LogP contribution in [-0.2, 0) is 4.79 Å². The van der Waals surface area contributed by atoms with Gasteiger partial charge in [0.15, 0.2) is 5.82 Å². The molecule has 1 atom stereocenters. The predicted molar refractivity (Wildman–Crippen MR) is 74.0 cm³/mol. The van der Waals surface area contributed by atoms with E-state index in [9.17, 15) is 4.79 Å². The third-order valence-electron chi connectivity index (χ3n) is 3.79. The summed E-state index contributed by atoms with van der Waals surface area (Å²) in [6.07, 6.45) is 2.74. The molecule has 1 aliphatic rings. The van der Waals surface area contributed by atoms with Crippen molar-refractivity contribution in [2.75, 3.05) is 6.54 Å². The first-order valence-corrected chi connectivity index (χ1v) is 6.81. The Morgan fingerprint density at radius 3 is 3.05 bits per heavy atom. The van der Waals surface area contributed by atoms with E-state index in [4.69, 9.17) is 4.52 Å². The molecule has 2 heterocycles. The Morgan fingerprint density at radius 1 is 1.40 bits per heavy atom. The number of carbonyl (C=O) groups excluding carboxylic acids is 1. The molecular weight excluding hydrogens is 254 g/mol. The third-order valence-corrected chi connectivity index (χ3v) is 3.79. The summed E-state index contributed by atoms with van der Waals surface area (Å²) in [6, 6.07) is 6.09. The number of hydrogen-bond acceptors (Lipinski definition) is 4. The minimum atomic E-state index is -0.0462. The van der Waals surface area contributed by atoms with E-state index in [2.05, 4.69) is 16.2 Å².